The largest absolute Gasteiger partial charge is 0.494 e. The number of ether oxygens (including phenoxy) is 3. The molecule has 0 saturated carbocycles. The predicted molar refractivity (Wildman–Crippen MR) is 113 cm³/mol. The van der Waals surface area contributed by atoms with E-state index in [4.69, 9.17) is 14.2 Å². The summed E-state index contributed by atoms with van der Waals surface area (Å²) in [6, 6.07) is 16.7. The van der Waals surface area contributed by atoms with E-state index >= 15 is 0 Å². The van der Waals surface area contributed by atoms with Gasteiger partial charge in [0.1, 0.15) is 17.6 Å². The van der Waals surface area contributed by atoms with Crippen molar-refractivity contribution < 1.29 is 14.2 Å². The van der Waals surface area contributed by atoms with Crippen LogP contribution in [-0.4, -0.2) is 19.8 Å². The molecule has 4 rings (SSSR count). The van der Waals surface area contributed by atoms with Crippen LogP contribution in [0.1, 0.15) is 50.3 Å². The van der Waals surface area contributed by atoms with Gasteiger partial charge in [-0.25, -0.2) is 0 Å². The zero-order valence-corrected chi connectivity index (χ0v) is 16.7. The van der Waals surface area contributed by atoms with E-state index in [1.54, 1.807) is 0 Å². The van der Waals surface area contributed by atoms with Crippen LogP contribution in [0.4, 0.5) is 0 Å². The van der Waals surface area contributed by atoms with Gasteiger partial charge in [0.25, 0.3) is 0 Å². The Morgan fingerprint density at radius 2 is 1.54 bits per heavy atom. The predicted octanol–water partition coefficient (Wildman–Crippen LogP) is 6.12. The van der Waals surface area contributed by atoms with Gasteiger partial charge in [0.2, 0.25) is 0 Å². The Balaban J connectivity index is 1.57. The van der Waals surface area contributed by atoms with Gasteiger partial charge in [-0.3, -0.25) is 0 Å². The quantitative estimate of drug-likeness (QED) is 0.608. The summed E-state index contributed by atoms with van der Waals surface area (Å²) in [5, 5.41) is 0. The Labute approximate surface area is 167 Å². The molecule has 3 nitrogen and oxygen atoms in total. The fraction of sp³-hybridized carbons (Fsp3) is 0.360. The third kappa shape index (κ3) is 4.00. The van der Waals surface area contributed by atoms with Crippen LogP contribution in [0.15, 0.2) is 65.3 Å². The van der Waals surface area contributed by atoms with E-state index in [2.05, 4.69) is 30.3 Å². The molecule has 28 heavy (non-hydrogen) atoms. The molecule has 2 aromatic rings. The standard InChI is InChI=1S/C25H28O3/c1-3-26-21-12-8-18(9-13-21)16-20-6-5-7-23-24(20)17-28-25(23)19-10-14-22(15-11-19)27-4-2/h8-16,25H,3-7,17H2,1-2H3/b20-16-. The Bertz CT molecular complexity index is 860. The van der Waals surface area contributed by atoms with Gasteiger partial charge in [-0.2, -0.15) is 0 Å². The molecule has 1 unspecified atom stereocenters. The minimum atomic E-state index is 0.0784. The van der Waals surface area contributed by atoms with Crippen LogP contribution in [-0.2, 0) is 4.74 Å². The molecule has 146 valence electrons. The van der Waals surface area contributed by atoms with Crippen LogP contribution in [0.3, 0.4) is 0 Å². The molecule has 1 aliphatic heterocycles. The number of benzene rings is 2. The molecule has 0 amide bonds. The summed E-state index contributed by atoms with van der Waals surface area (Å²) in [4.78, 5) is 0. The maximum atomic E-state index is 6.23. The van der Waals surface area contributed by atoms with E-state index in [1.807, 2.05) is 38.1 Å². The zero-order valence-electron chi connectivity index (χ0n) is 16.7. The first kappa shape index (κ1) is 18.8. The topological polar surface area (TPSA) is 27.7 Å². The van der Waals surface area contributed by atoms with Gasteiger partial charge in [0.15, 0.2) is 0 Å². The molecule has 0 fully saturated rings. The van der Waals surface area contributed by atoms with Gasteiger partial charge < -0.3 is 14.2 Å². The summed E-state index contributed by atoms with van der Waals surface area (Å²) in [5.41, 5.74) is 6.71. The van der Waals surface area contributed by atoms with E-state index in [9.17, 15) is 0 Å². The van der Waals surface area contributed by atoms with Crippen LogP contribution >= 0.6 is 0 Å². The van der Waals surface area contributed by atoms with Gasteiger partial charge in [0, 0.05) is 0 Å². The second kappa shape index (κ2) is 8.66. The molecule has 0 aromatic heterocycles. The fourth-order valence-corrected chi connectivity index (χ4v) is 4.11. The summed E-state index contributed by atoms with van der Waals surface area (Å²) in [5.74, 6) is 1.84. The van der Waals surface area contributed by atoms with Crippen molar-refractivity contribution in [1.29, 1.82) is 0 Å². The summed E-state index contributed by atoms with van der Waals surface area (Å²) < 4.78 is 17.3. The van der Waals surface area contributed by atoms with Crippen molar-refractivity contribution in [2.24, 2.45) is 0 Å². The van der Waals surface area contributed by atoms with Crippen molar-refractivity contribution in [3.05, 3.63) is 76.4 Å². The SMILES string of the molecule is CCOc1ccc(/C=C2/CCCC3=C2COC3c2ccc(OCC)cc2)cc1. The highest BCUT2D eigenvalue weighted by Gasteiger charge is 2.31. The van der Waals surface area contributed by atoms with Crippen molar-refractivity contribution >= 4 is 6.08 Å². The first-order valence-electron chi connectivity index (χ1n) is 10.3. The smallest absolute Gasteiger partial charge is 0.119 e. The average molecular weight is 376 g/mol. The first-order valence-corrected chi connectivity index (χ1v) is 10.3. The van der Waals surface area contributed by atoms with Crippen molar-refractivity contribution in [2.45, 2.75) is 39.2 Å². The maximum Gasteiger partial charge on any atom is 0.119 e. The lowest BCUT2D eigenvalue weighted by Crippen LogP contribution is -2.05. The molecule has 2 aromatic carbocycles. The molecule has 0 spiro atoms. The van der Waals surface area contributed by atoms with E-state index < -0.39 is 0 Å². The Hall–Kier alpha value is -2.52. The van der Waals surface area contributed by atoms with Crippen LogP contribution in [0.25, 0.3) is 6.08 Å². The molecule has 0 radical (unpaired) electrons. The molecule has 0 bridgehead atoms. The monoisotopic (exact) mass is 376 g/mol. The minimum absolute atomic E-state index is 0.0784. The lowest BCUT2D eigenvalue weighted by molar-refractivity contribution is 0.120. The summed E-state index contributed by atoms with van der Waals surface area (Å²) >= 11 is 0. The number of hydrogen-bond acceptors (Lipinski definition) is 3. The Morgan fingerprint density at radius 1 is 0.893 bits per heavy atom. The summed E-state index contributed by atoms with van der Waals surface area (Å²) in [7, 11) is 0. The number of rotatable bonds is 6. The number of hydrogen-bond donors (Lipinski definition) is 0. The third-order valence-electron chi connectivity index (χ3n) is 5.40. The molecular weight excluding hydrogens is 348 g/mol. The molecule has 1 aliphatic carbocycles. The summed E-state index contributed by atoms with van der Waals surface area (Å²) in [6.45, 7) is 6.10. The van der Waals surface area contributed by atoms with Gasteiger partial charge in [0.05, 0.1) is 19.8 Å². The highest BCUT2D eigenvalue weighted by Crippen LogP contribution is 2.44. The van der Waals surface area contributed by atoms with Crippen molar-refractivity contribution in [3.63, 3.8) is 0 Å². The van der Waals surface area contributed by atoms with Gasteiger partial charge in [-0.05, 0) is 85.2 Å². The van der Waals surface area contributed by atoms with Crippen LogP contribution in [0.2, 0.25) is 0 Å². The van der Waals surface area contributed by atoms with E-state index in [-0.39, 0.29) is 6.10 Å². The van der Waals surface area contributed by atoms with Gasteiger partial charge in [-0.15, -0.1) is 0 Å². The lowest BCUT2D eigenvalue weighted by atomic mass is 9.84. The maximum absolute atomic E-state index is 6.23. The van der Waals surface area contributed by atoms with Crippen LogP contribution in [0, 0.1) is 0 Å². The van der Waals surface area contributed by atoms with Crippen molar-refractivity contribution in [3.8, 4) is 11.5 Å². The highest BCUT2D eigenvalue weighted by molar-refractivity contribution is 5.62. The van der Waals surface area contributed by atoms with E-state index in [1.165, 1.54) is 34.3 Å². The minimum Gasteiger partial charge on any atom is -0.494 e. The molecule has 1 atom stereocenters. The Morgan fingerprint density at radius 3 is 2.18 bits per heavy atom. The molecule has 1 heterocycles. The highest BCUT2D eigenvalue weighted by atomic mass is 16.5. The molecule has 0 N–H and O–H groups in total. The Kier molecular flexibility index (Phi) is 5.82. The summed E-state index contributed by atoms with van der Waals surface area (Å²) in [6.07, 6.45) is 5.81. The molecular formula is C25H28O3. The van der Waals surface area contributed by atoms with Crippen LogP contribution < -0.4 is 9.47 Å². The van der Waals surface area contributed by atoms with Crippen molar-refractivity contribution in [2.75, 3.05) is 19.8 Å². The average Bonchev–Trinajstić information content (AvgIpc) is 3.16. The van der Waals surface area contributed by atoms with Gasteiger partial charge in [-0.1, -0.05) is 30.3 Å². The first-order chi connectivity index (χ1) is 13.8. The molecule has 3 heteroatoms. The lowest BCUT2D eigenvalue weighted by Gasteiger charge is -2.20. The second-order valence-electron chi connectivity index (χ2n) is 7.22. The molecule has 2 aliphatic rings. The van der Waals surface area contributed by atoms with Crippen LogP contribution in [0.5, 0.6) is 11.5 Å². The molecule has 0 saturated heterocycles. The normalized spacial score (nSPS) is 20.4. The third-order valence-corrected chi connectivity index (χ3v) is 5.40. The van der Waals surface area contributed by atoms with Crippen molar-refractivity contribution in [1.82, 2.24) is 0 Å². The van der Waals surface area contributed by atoms with Gasteiger partial charge >= 0.3 is 0 Å². The van der Waals surface area contributed by atoms with E-state index in [0.29, 0.717) is 19.8 Å². The zero-order chi connectivity index (χ0) is 19.3. The van der Waals surface area contributed by atoms with E-state index in [0.717, 1.165) is 24.3 Å². The second-order valence-corrected chi connectivity index (χ2v) is 7.22. The fourth-order valence-electron chi connectivity index (χ4n) is 4.11.